The summed E-state index contributed by atoms with van der Waals surface area (Å²) in [5.41, 5.74) is 1.08. The highest BCUT2D eigenvalue weighted by Crippen LogP contribution is 2.29. The highest BCUT2D eigenvalue weighted by molar-refractivity contribution is 7.20. The van der Waals surface area contributed by atoms with Crippen molar-refractivity contribution in [1.82, 2.24) is 24.8 Å². The van der Waals surface area contributed by atoms with Crippen LogP contribution in [-0.4, -0.2) is 65.1 Å². The van der Waals surface area contributed by atoms with Gasteiger partial charge in [-0.05, 0) is 12.1 Å². The summed E-state index contributed by atoms with van der Waals surface area (Å²) < 4.78 is 42.8. The number of benzene rings is 1. The molecule has 28 heavy (non-hydrogen) atoms. The molecule has 1 saturated heterocycles. The van der Waals surface area contributed by atoms with Crippen molar-refractivity contribution in [2.45, 2.75) is 6.36 Å². The predicted molar refractivity (Wildman–Crippen MR) is 101 cm³/mol. The van der Waals surface area contributed by atoms with Gasteiger partial charge in [0, 0.05) is 44.8 Å². The minimum Gasteiger partial charge on any atom is -0.406 e. The van der Waals surface area contributed by atoms with E-state index in [1.165, 1.54) is 29.5 Å². The summed E-state index contributed by atoms with van der Waals surface area (Å²) in [6, 6.07) is 5.75. The lowest BCUT2D eigenvalue weighted by Gasteiger charge is -2.26. The van der Waals surface area contributed by atoms with E-state index in [1.54, 1.807) is 16.8 Å². The second-order valence-corrected chi connectivity index (χ2v) is 7.31. The molecule has 4 rings (SSSR count). The van der Waals surface area contributed by atoms with Gasteiger partial charge >= 0.3 is 6.36 Å². The Bertz CT molecular complexity index is 903. The molecule has 0 amide bonds. The lowest BCUT2D eigenvalue weighted by atomic mass is 10.1. The Morgan fingerprint density at radius 1 is 1.25 bits per heavy atom. The molecule has 150 valence electrons. The molecule has 1 aromatic carbocycles. The van der Waals surface area contributed by atoms with Crippen molar-refractivity contribution in [3.63, 3.8) is 0 Å². The number of hydrogen-bond acceptors (Lipinski definition) is 7. The van der Waals surface area contributed by atoms with Crippen LogP contribution in [-0.2, 0) is 0 Å². The fourth-order valence-corrected chi connectivity index (χ4v) is 3.83. The third-order valence-electron chi connectivity index (χ3n) is 4.32. The van der Waals surface area contributed by atoms with Gasteiger partial charge in [0.05, 0.1) is 11.9 Å². The molecule has 0 atom stereocenters. The second-order valence-electron chi connectivity index (χ2n) is 6.35. The van der Waals surface area contributed by atoms with Crippen molar-refractivity contribution in [3.05, 3.63) is 30.5 Å². The largest absolute Gasteiger partial charge is 0.573 e. The van der Waals surface area contributed by atoms with Gasteiger partial charge in [0.1, 0.15) is 5.75 Å². The first-order chi connectivity index (χ1) is 13.5. The summed E-state index contributed by atoms with van der Waals surface area (Å²) in [6.07, 6.45) is -3.03. The Balaban J connectivity index is 1.40. The van der Waals surface area contributed by atoms with Crippen molar-refractivity contribution in [1.29, 1.82) is 0 Å². The standard InChI is InChI=1S/C17H19F3N6OS/c18-17(19,20)27-13-3-1-2-12(10-13)14-11-26-16(23-14)28-15(24-26)22-6-9-25-7-4-21-5-8-25/h1-3,10-11,21H,4-9H2,(H,22,24). The molecule has 1 aliphatic heterocycles. The topological polar surface area (TPSA) is 66.7 Å². The van der Waals surface area contributed by atoms with E-state index in [0.717, 1.165) is 44.4 Å². The summed E-state index contributed by atoms with van der Waals surface area (Å²) in [4.78, 5) is 7.52. The zero-order valence-electron chi connectivity index (χ0n) is 14.9. The van der Waals surface area contributed by atoms with Gasteiger partial charge in [0.25, 0.3) is 0 Å². The summed E-state index contributed by atoms with van der Waals surface area (Å²) in [5.74, 6) is -0.274. The van der Waals surface area contributed by atoms with Crippen molar-refractivity contribution in [2.24, 2.45) is 0 Å². The van der Waals surface area contributed by atoms with Crippen LogP contribution in [0.1, 0.15) is 0 Å². The fraction of sp³-hybridized carbons (Fsp3) is 0.412. The molecule has 3 heterocycles. The second kappa shape index (κ2) is 7.94. The first-order valence-electron chi connectivity index (χ1n) is 8.86. The van der Waals surface area contributed by atoms with Crippen LogP contribution < -0.4 is 15.4 Å². The van der Waals surface area contributed by atoms with E-state index in [0.29, 0.717) is 16.2 Å². The molecule has 0 spiro atoms. The van der Waals surface area contributed by atoms with Gasteiger partial charge in [-0.1, -0.05) is 23.5 Å². The van der Waals surface area contributed by atoms with E-state index in [-0.39, 0.29) is 5.75 Å². The van der Waals surface area contributed by atoms with Crippen molar-refractivity contribution in [3.8, 4) is 17.0 Å². The normalized spacial score (nSPS) is 15.8. The molecule has 0 unspecified atom stereocenters. The molecule has 2 N–H and O–H groups in total. The maximum atomic E-state index is 12.4. The number of hydrogen-bond donors (Lipinski definition) is 2. The third kappa shape index (κ3) is 4.72. The summed E-state index contributed by atoms with van der Waals surface area (Å²) in [5, 5.41) is 11.8. The first-order valence-corrected chi connectivity index (χ1v) is 9.67. The highest BCUT2D eigenvalue weighted by Gasteiger charge is 2.31. The van der Waals surface area contributed by atoms with E-state index in [9.17, 15) is 13.2 Å². The summed E-state index contributed by atoms with van der Waals surface area (Å²) in [6.45, 7) is 5.86. The van der Waals surface area contributed by atoms with Crippen LogP contribution in [0.2, 0.25) is 0 Å². The van der Waals surface area contributed by atoms with Crippen LogP contribution in [0.15, 0.2) is 30.5 Å². The van der Waals surface area contributed by atoms with E-state index in [2.05, 4.69) is 30.4 Å². The van der Waals surface area contributed by atoms with Gasteiger partial charge in [-0.2, -0.15) is 0 Å². The minimum atomic E-state index is -4.72. The third-order valence-corrected chi connectivity index (χ3v) is 5.20. The van der Waals surface area contributed by atoms with Gasteiger partial charge in [-0.15, -0.1) is 18.3 Å². The molecule has 2 aromatic heterocycles. The average Bonchev–Trinajstić information content (AvgIpc) is 3.20. The molecule has 0 bridgehead atoms. The van der Waals surface area contributed by atoms with Crippen molar-refractivity contribution >= 4 is 21.4 Å². The average molecular weight is 412 g/mol. The number of fused-ring (bicyclic) bond motifs is 1. The van der Waals surface area contributed by atoms with Gasteiger partial charge < -0.3 is 15.4 Å². The lowest BCUT2D eigenvalue weighted by Crippen LogP contribution is -2.45. The van der Waals surface area contributed by atoms with E-state index in [4.69, 9.17) is 0 Å². The number of piperazine rings is 1. The van der Waals surface area contributed by atoms with Crippen LogP contribution in [0.25, 0.3) is 16.2 Å². The molecule has 0 saturated carbocycles. The quantitative estimate of drug-likeness (QED) is 0.649. The maximum absolute atomic E-state index is 12.4. The van der Waals surface area contributed by atoms with Crippen molar-refractivity contribution < 1.29 is 17.9 Å². The number of anilines is 1. The van der Waals surface area contributed by atoms with Gasteiger partial charge in [-0.25, -0.2) is 9.50 Å². The minimum absolute atomic E-state index is 0.274. The zero-order valence-corrected chi connectivity index (χ0v) is 15.7. The Kier molecular flexibility index (Phi) is 5.38. The molecular formula is C17H19F3N6OS. The van der Waals surface area contributed by atoms with Crippen LogP contribution in [0, 0.1) is 0 Å². The van der Waals surface area contributed by atoms with Crippen LogP contribution in [0.3, 0.4) is 0 Å². The number of ether oxygens (including phenoxy) is 1. The van der Waals surface area contributed by atoms with Gasteiger partial charge in [-0.3, -0.25) is 4.90 Å². The molecule has 3 aromatic rings. The van der Waals surface area contributed by atoms with Crippen molar-refractivity contribution in [2.75, 3.05) is 44.6 Å². The maximum Gasteiger partial charge on any atom is 0.573 e. The number of nitrogens with one attached hydrogen (secondary N) is 2. The smallest absolute Gasteiger partial charge is 0.406 e. The summed E-state index contributed by atoms with van der Waals surface area (Å²) >= 11 is 1.40. The number of halogens is 3. The Hall–Kier alpha value is -2.37. The highest BCUT2D eigenvalue weighted by atomic mass is 32.1. The van der Waals surface area contributed by atoms with Gasteiger partial charge in [0.15, 0.2) is 0 Å². The zero-order chi connectivity index (χ0) is 19.6. The molecule has 1 aliphatic rings. The molecule has 7 nitrogen and oxygen atoms in total. The number of rotatable bonds is 6. The molecule has 0 aliphatic carbocycles. The molecule has 11 heteroatoms. The monoisotopic (exact) mass is 412 g/mol. The Morgan fingerprint density at radius 3 is 2.82 bits per heavy atom. The number of aromatic nitrogens is 3. The number of nitrogens with zero attached hydrogens (tertiary/aromatic N) is 4. The van der Waals surface area contributed by atoms with E-state index < -0.39 is 6.36 Å². The van der Waals surface area contributed by atoms with Crippen LogP contribution in [0.5, 0.6) is 5.75 Å². The fourth-order valence-electron chi connectivity index (χ4n) is 3.02. The Labute approximate surface area is 163 Å². The number of imidazole rings is 1. The first kappa shape index (κ1) is 19.0. The van der Waals surface area contributed by atoms with E-state index >= 15 is 0 Å². The molecule has 0 radical (unpaired) electrons. The Morgan fingerprint density at radius 2 is 2.07 bits per heavy atom. The molecule has 1 fully saturated rings. The van der Waals surface area contributed by atoms with E-state index in [1.807, 2.05) is 0 Å². The number of alkyl halides is 3. The SMILES string of the molecule is FC(F)(F)Oc1cccc(-c2cn3nc(NCCN4CCNCC4)sc3n2)c1. The van der Waals surface area contributed by atoms with Crippen LogP contribution >= 0.6 is 11.3 Å². The summed E-state index contributed by atoms with van der Waals surface area (Å²) in [7, 11) is 0. The predicted octanol–water partition coefficient (Wildman–Crippen LogP) is 2.67. The van der Waals surface area contributed by atoms with Gasteiger partial charge in [0.2, 0.25) is 10.1 Å². The van der Waals surface area contributed by atoms with Crippen LogP contribution in [0.4, 0.5) is 18.3 Å². The lowest BCUT2D eigenvalue weighted by molar-refractivity contribution is -0.274. The molecular weight excluding hydrogens is 393 g/mol.